The number of aromatic nitrogens is 2. The van der Waals surface area contributed by atoms with Crippen molar-refractivity contribution in [2.75, 3.05) is 11.9 Å². The van der Waals surface area contributed by atoms with Crippen LogP contribution in [0, 0.1) is 0 Å². The number of carbonyl (C=O) groups is 1. The summed E-state index contributed by atoms with van der Waals surface area (Å²) in [6.45, 7) is -0.522. The first-order chi connectivity index (χ1) is 15.0. The number of carbonyl (C=O) groups excluding carboxylic acids is 1. The van der Waals surface area contributed by atoms with Gasteiger partial charge in [-0.2, -0.15) is 13.2 Å². The number of halogens is 3. The van der Waals surface area contributed by atoms with Gasteiger partial charge in [0.2, 0.25) is 16.0 Å². The maximum atomic E-state index is 12.1. The Morgan fingerprint density at radius 1 is 1.16 bits per heavy atom. The maximum absolute atomic E-state index is 12.1. The van der Waals surface area contributed by atoms with Gasteiger partial charge in [-0.1, -0.05) is 0 Å². The molecule has 2 aromatic rings. The highest BCUT2D eigenvalue weighted by Gasteiger charge is 2.30. The maximum Gasteiger partial charge on any atom is 0.407 e. The van der Waals surface area contributed by atoms with Crippen molar-refractivity contribution in [1.29, 1.82) is 0 Å². The van der Waals surface area contributed by atoms with Gasteiger partial charge in [0.25, 0.3) is 0 Å². The smallest absolute Gasteiger partial charge is 0.407 e. The molecular weight excluding hydrogens is 451 g/mol. The second-order valence-corrected chi connectivity index (χ2v) is 8.93. The van der Waals surface area contributed by atoms with Crippen molar-refractivity contribution in [3.8, 4) is 0 Å². The number of alkyl halides is 3. The molecule has 1 saturated carbocycles. The molecule has 1 aliphatic rings. The summed E-state index contributed by atoms with van der Waals surface area (Å²) in [5.74, 6) is 0.373. The zero-order valence-corrected chi connectivity index (χ0v) is 17.6. The van der Waals surface area contributed by atoms with Crippen molar-refractivity contribution < 1.29 is 31.1 Å². The molecular formula is C19H22F3N5O4S. The van der Waals surface area contributed by atoms with E-state index >= 15 is 0 Å². The molecule has 32 heavy (non-hydrogen) atoms. The van der Waals surface area contributed by atoms with E-state index < -0.39 is 35.3 Å². The molecule has 1 amide bonds. The van der Waals surface area contributed by atoms with E-state index in [1.54, 1.807) is 12.4 Å². The fraction of sp³-hybridized carbons (Fsp3) is 0.421. The SMILES string of the molecule is NS(=O)(=O)c1ccc(Nc2ncc([C@@H]3CC[C@H](OC(=O)NCCC(F)(F)F)C3)cn2)cc1. The number of nitrogens with one attached hydrogen (secondary N) is 2. The minimum atomic E-state index is -4.33. The van der Waals surface area contributed by atoms with Crippen LogP contribution in [0.4, 0.5) is 29.6 Å². The molecule has 0 spiro atoms. The number of benzene rings is 1. The molecule has 0 unspecified atom stereocenters. The number of hydrogen-bond donors (Lipinski definition) is 3. The van der Waals surface area contributed by atoms with Crippen LogP contribution in [0.15, 0.2) is 41.6 Å². The average molecular weight is 473 g/mol. The fourth-order valence-corrected chi connectivity index (χ4v) is 3.84. The van der Waals surface area contributed by atoms with E-state index in [1.807, 2.05) is 0 Å². The molecule has 2 atom stereocenters. The van der Waals surface area contributed by atoms with Crippen molar-refractivity contribution in [2.24, 2.45) is 5.14 Å². The highest BCUT2D eigenvalue weighted by Crippen LogP contribution is 2.35. The van der Waals surface area contributed by atoms with Gasteiger partial charge in [0.15, 0.2) is 0 Å². The first-order valence-corrected chi connectivity index (χ1v) is 11.3. The number of rotatable bonds is 7. The Labute approximate surface area is 182 Å². The van der Waals surface area contributed by atoms with E-state index in [2.05, 4.69) is 20.6 Å². The number of ether oxygens (including phenoxy) is 1. The molecule has 0 aliphatic heterocycles. The number of nitrogens with zero attached hydrogens (tertiary/aromatic N) is 2. The number of nitrogens with two attached hydrogens (primary N) is 1. The minimum absolute atomic E-state index is 0.00800. The fourth-order valence-electron chi connectivity index (χ4n) is 3.32. The summed E-state index contributed by atoms with van der Waals surface area (Å²) in [7, 11) is -3.77. The molecule has 174 valence electrons. The van der Waals surface area contributed by atoms with Gasteiger partial charge in [-0.05, 0) is 55.0 Å². The Balaban J connectivity index is 1.48. The van der Waals surface area contributed by atoms with Gasteiger partial charge in [-0.25, -0.2) is 28.3 Å². The van der Waals surface area contributed by atoms with E-state index in [-0.39, 0.29) is 16.9 Å². The van der Waals surface area contributed by atoms with Gasteiger partial charge >= 0.3 is 12.3 Å². The van der Waals surface area contributed by atoms with Crippen LogP contribution >= 0.6 is 0 Å². The predicted molar refractivity (Wildman–Crippen MR) is 109 cm³/mol. The third-order valence-electron chi connectivity index (χ3n) is 4.92. The van der Waals surface area contributed by atoms with Crippen LogP contribution in [0.1, 0.15) is 37.2 Å². The van der Waals surface area contributed by atoms with E-state index in [9.17, 15) is 26.4 Å². The van der Waals surface area contributed by atoms with Crippen LogP contribution in [0.5, 0.6) is 0 Å². The van der Waals surface area contributed by atoms with E-state index in [1.165, 1.54) is 24.3 Å². The number of hydrogen-bond acceptors (Lipinski definition) is 7. The van der Waals surface area contributed by atoms with Gasteiger partial charge in [-0.15, -0.1) is 0 Å². The quantitative estimate of drug-likeness (QED) is 0.562. The van der Waals surface area contributed by atoms with Crippen LogP contribution < -0.4 is 15.8 Å². The number of sulfonamides is 1. The Hall–Kier alpha value is -2.93. The topological polar surface area (TPSA) is 136 Å². The first-order valence-electron chi connectivity index (χ1n) is 9.73. The van der Waals surface area contributed by atoms with Crippen LogP contribution in [0.25, 0.3) is 0 Å². The summed E-state index contributed by atoms with van der Waals surface area (Å²) in [6.07, 6.45) is -1.55. The van der Waals surface area contributed by atoms with E-state index in [4.69, 9.17) is 9.88 Å². The molecule has 0 saturated heterocycles. The summed E-state index contributed by atoms with van der Waals surface area (Å²) >= 11 is 0. The summed E-state index contributed by atoms with van der Waals surface area (Å²) < 4.78 is 64.1. The normalized spacial score (nSPS) is 18.9. The molecule has 3 rings (SSSR count). The zero-order valence-electron chi connectivity index (χ0n) is 16.8. The summed E-state index contributed by atoms with van der Waals surface area (Å²) in [4.78, 5) is 20.1. The van der Waals surface area contributed by atoms with Crippen molar-refractivity contribution in [3.05, 3.63) is 42.2 Å². The third kappa shape index (κ3) is 7.05. The van der Waals surface area contributed by atoms with Gasteiger partial charge in [-0.3, -0.25) is 0 Å². The summed E-state index contributed by atoms with van der Waals surface area (Å²) in [5, 5.41) is 10.1. The second kappa shape index (κ2) is 9.69. The molecule has 0 radical (unpaired) electrons. The average Bonchev–Trinajstić information content (AvgIpc) is 3.15. The summed E-state index contributed by atoms with van der Waals surface area (Å²) in [6, 6.07) is 5.80. The van der Waals surface area contributed by atoms with Gasteiger partial charge in [0.05, 0.1) is 11.3 Å². The minimum Gasteiger partial charge on any atom is -0.446 e. The lowest BCUT2D eigenvalue weighted by atomic mass is 10.0. The highest BCUT2D eigenvalue weighted by molar-refractivity contribution is 7.89. The lowest BCUT2D eigenvalue weighted by Gasteiger charge is -2.14. The number of amides is 1. The lowest BCUT2D eigenvalue weighted by molar-refractivity contribution is -0.133. The van der Waals surface area contributed by atoms with Gasteiger partial charge < -0.3 is 15.4 Å². The Morgan fingerprint density at radius 3 is 2.41 bits per heavy atom. The molecule has 1 heterocycles. The highest BCUT2D eigenvalue weighted by atomic mass is 32.2. The lowest BCUT2D eigenvalue weighted by Crippen LogP contribution is -2.31. The van der Waals surface area contributed by atoms with Crippen LogP contribution in [-0.2, 0) is 14.8 Å². The van der Waals surface area contributed by atoms with E-state index in [0.29, 0.717) is 24.5 Å². The van der Waals surface area contributed by atoms with Crippen molar-refractivity contribution in [3.63, 3.8) is 0 Å². The zero-order chi connectivity index (χ0) is 23.4. The van der Waals surface area contributed by atoms with Crippen molar-refractivity contribution in [1.82, 2.24) is 15.3 Å². The third-order valence-corrected chi connectivity index (χ3v) is 5.85. The number of anilines is 2. The van der Waals surface area contributed by atoms with Gasteiger partial charge in [0.1, 0.15) is 6.10 Å². The van der Waals surface area contributed by atoms with E-state index in [0.717, 1.165) is 12.0 Å². The van der Waals surface area contributed by atoms with Crippen molar-refractivity contribution in [2.45, 2.75) is 48.8 Å². The molecule has 4 N–H and O–H groups in total. The molecule has 13 heteroatoms. The van der Waals surface area contributed by atoms with Crippen molar-refractivity contribution >= 4 is 27.8 Å². The Morgan fingerprint density at radius 2 is 1.81 bits per heavy atom. The standard InChI is InChI=1S/C19H22F3N5O4S/c20-19(21,22)7-8-24-18(28)31-15-4-1-12(9-15)13-10-25-17(26-11-13)27-14-2-5-16(6-3-14)32(23,29)30/h2-3,5-6,10-12,15H,1,4,7-9H2,(H,24,28)(H2,23,29,30)(H,25,26,27)/t12-,15+/m1/s1. The second-order valence-electron chi connectivity index (χ2n) is 7.36. The molecule has 1 fully saturated rings. The molecule has 0 bridgehead atoms. The predicted octanol–water partition coefficient (Wildman–Crippen LogP) is 3.18. The monoisotopic (exact) mass is 473 g/mol. The molecule has 1 aromatic heterocycles. The molecule has 1 aromatic carbocycles. The van der Waals surface area contributed by atoms with Gasteiger partial charge in [0, 0.05) is 24.6 Å². The Kier molecular flexibility index (Phi) is 7.19. The largest absolute Gasteiger partial charge is 0.446 e. The Bertz CT molecular complexity index is 1030. The number of alkyl carbamates (subject to hydrolysis) is 1. The number of primary sulfonamides is 1. The summed E-state index contributed by atoms with van der Waals surface area (Å²) in [5.41, 5.74) is 1.43. The van der Waals surface area contributed by atoms with Crippen LogP contribution in [-0.4, -0.2) is 43.3 Å². The molecule has 1 aliphatic carbocycles. The van der Waals surface area contributed by atoms with Crippen LogP contribution in [0.2, 0.25) is 0 Å². The van der Waals surface area contributed by atoms with Crippen LogP contribution in [0.3, 0.4) is 0 Å². The molecule has 9 nitrogen and oxygen atoms in total. The first kappa shape index (κ1) is 23.7.